The third-order valence-corrected chi connectivity index (χ3v) is 1.65. The van der Waals surface area contributed by atoms with Gasteiger partial charge in [0.1, 0.15) is 0 Å². The minimum Gasteiger partial charge on any atom is -0.372 e. The molecule has 1 unspecified atom stereocenters. The van der Waals surface area contributed by atoms with Crippen LogP contribution in [0, 0.1) is 5.92 Å². The average molecular weight is 158 g/mol. The number of hydrogen-bond donors (Lipinski definition) is 0. The zero-order chi connectivity index (χ0) is 9.07. The van der Waals surface area contributed by atoms with Crippen molar-refractivity contribution in [1.82, 2.24) is 0 Å². The maximum absolute atomic E-state index is 5.85. The number of ether oxygens (including phenoxy) is 1. The van der Waals surface area contributed by atoms with Crippen LogP contribution in [0.2, 0.25) is 0 Å². The van der Waals surface area contributed by atoms with E-state index in [2.05, 4.69) is 41.5 Å². The monoisotopic (exact) mass is 158 g/mol. The Morgan fingerprint density at radius 3 is 1.73 bits per heavy atom. The zero-order valence-electron chi connectivity index (χ0n) is 8.77. The molecule has 0 bridgehead atoms. The van der Waals surface area contributed by atoms with Crippen molar-refractivity contribution in [3.8, 4) is 0 Å². The van der Waals surface area contributed by atoms with Crippen molar-refractivity contribution < 1.29 is 4.74 Å². The maximum atomic E-state index is 5.85. The van der Waals surface area contributed by atoms with Gasteiger partial charge < -0.3 is 4.74 Å². The smallest absolute Gasteiger partial charge is 0.0602 e. The lowest BCUT2D eigenvalue weighted by Gasteiger charge is -2.29. The van der Waals surface area contributed by atoms with Gasteiger partial charge in [0.05, 0.1) is 11.7 Å². The molecular weight excluding hydrogens is 136 g/mol. The van der Waals surface area contributed by atoms with Crippen LogP contribution in [0.3, 0.4) is 0 Å². The van der Waals surface area contributed by atoms with Crippen LogP contribution in [-0.2, 0) is 4.74 Å². The molecular formula is C10H22O. The molecule has 68 valence electrons. The van der Waals surface area contributed by atoms with Gasteiger partial charge in [0.2, 0.25) is 0 Å². The maximum Gasteiger partial charge on any atom is 0.0602 e. The predicted molar refractivity (Wildman–Crippen MR) is 49.8 cm³/mol. The van der Waals surface area contributed by atoms with Crippen molar-refractivity contribution in [1.29, 1.82) is 0 Å². The summed E-state index contributed by atoms with van der Waals surface area (Å²) in [7, 11) is 0. The van der Waals surface area contributed by atoms with Gasteiger partial charge in [0.15, 0.2) is 0 Å². The third kappa shape index (κ3) is 5.25. The SMILES string of the molecule is CCC(OC(C)(C)C)C(C)C. The minimum absolute atomic E-state index is 0.00491. The molecule has 0 aromatic heterocycles. The van der Waals surface area contributed by atoms with E-state index in [4.69, 9.17) is 4.74 Å². The van der Waals surface area contributed by atoms with E-state index in [0.29, 0.717) is 12.0 Å². The van der Waals surface area contributed by atoms with Gasteiger partial charge >= 0.3 is 0 Å². The fourth-order valence-electron chi connectivity index (χ4n) is 1.14. The topological polar surface area (TPSA) is 9.23 Å². The van der Waals surface area contributed by atoms with E-state index >= 15 is 0 Å². The standard InChI is InChI=1S/C10H22O/c1-7-9(8(2)3)11-10(4,5)6/h8-9H,7H2,1-6H3. The molecule has 1 nitrogen and oxygen atoms in total. The van der Waals surface area contributed by atoms with Crippen molar-refractivity contribution >= 4 is 0 Å². The first-order valence-electron chi connectivity index (χ1n) is 4.54. The minimum atomic E-state index is 0.00491. The highest BCUT2D eigenvalue weighted by atomic mass is 16.5. The van der Waals surface area contributed by atoms with Gasteiger partial charge in [0, 0.05) is 0 Å². The van der Waals surface area contributed by atoms with Gasteiger partial charge in [-0.05, 0) is 33.1 Å². The first-order chi connectivity index (χ1) is 4.87. The second kappa shape index (κ2) is 4.10. The Labute approximate surface area is 71.1 Å². The molecule has 0 N–H and O–H groups in total. The zero-order valence-corrected chi connectivity index (χ0v) is 8.77. The van der Waals surface area contributed by atoms with Crippen molar-refractivity contribution in [3.05, 3.63) is 0 Å². The van der Waals surface area contributed by atoms with Crippen molar-refractivity contribution in [2.75, 3.05) is 0 Å². The second-order valence-corrected chi connectivity index (χ2v) is 4.42. The second-order valence-electron chi connectivity index (χ2n) is 4.42. The summed E-state index contributed by atoms with van der Waals surface area (Å²) in [5.74, 6) is 0.624. The Hall–Kier alpha value is -0.0400. The summed E-state index contributed by atoms with van der Waals surface area (Å²) in [6, 6.07) is 0. The molecule has 0 aromatic rings. The summed E-state index contributed by atoms with van der Waals surface area (Å²) in [4.78, 5) is 0. The first-order valence-corrected chi connectivity index (χ1v) is 4.54. The Morgan fingerprint density at radius 2 is 1.64 bits per heavy atom. The van der Waals surface area contributed by atoms with Crippen molar-refractivity contribution in [2.24, 2.45) is 5.92 Å². The quantitative estimate of drug-likeness (QED) is 0.612. The van der Waals surface area contributed by atoms with Crippen LogP contribution in [-0.4, -0.2) is 11.7 Å². The molecule has 11 heavy (non-hydrogen) atoms. The highest BCUT2D eigenvalue weighted by Gasteiger charge is 2.19. The van der Waals surface area contributed by atoms with Crippen LogP contribution >= 0.6 is 0 Å². The van der Waals surface area contributed by atoms with E-state index < -0.39 is 0 Å². The molecule has 0 saturated heterocycles. The largest absolute Gasteiger partial charge is 0.372 e. The summed E-state index contributed by atoms with van der Waals surface area (Å²) < 4.78 is 5.85. The highest BCUT2D eigenvalue weighted by Crippen LogP contribution is 2.18. The summed E-state index contributed by atoms with van der Waals surface area (Å²) >= 11 is 0. The first kappa shape index (κ1) is 11.0. The molecule has 0 spiro atoms. The fraction of sp³-hybridized carbons (Fsp3) is 1.00. The molecule has 0 heterocycles. The predicted octanol–water partition coefficient (Wildman–Crippen LogP) is 3.24. The molecule has 1 heteroatoms. The van der Waals surface area contributed by atoms with Gasteiger partial charge in [-0.2, -0.15) is 0 Å². The lowest BCUT2D eigenvalue weighted by Crippen LogP contribution is -2.30. The normalized spacial score (nSPS) is 15.5. The van der Waals surface area contributed by atoms with Gasteiger partial charge in [-0.1, -0.05) is 20.8 Å². The van der Waals surface area contributed by atoms with Gasteiger partial charge in [0.25, 0.3) is 0 Å². The molecule has 0 amide bonds. The molecule has 0 radical (unpaired) electrons. The van der Waals surface area contributed by atoms with E-state index in [1.54, 1.807) is 0 Å². The highest BCUT2D eigenvalue weighted by molar-refractivity contribution is 4.67. The molecule has 1 atom stereocenters. The molecule has 0 aliphatic heterocycles. The van der Waals surface area contributed by atoms with E-state index in [9.17, 15) is 0 Å². The van der Waals surface area contributed by atoms with Crippen LogP contribution in [0.25, 0.3) is 0 Å². The van der Waals surface area contributed by atoms with Crippen LogP contribution in [0.1, 0.15) is 48.0 Å². The van der Waals surface area contributed by atoms with Crippen LogP contribution < -0.4 is 0 Å². The Balaban J connectivity index is 3.88. The van der Waals surface area contributed by atoms with Crippen LogP contribution in [0.5, 0.6) is 0 Å². The van der Waals surface area contributed by atoms with E-state index in [1.165, 1.54) is 0 Å². The molecule has 0 aliphatic carbocycles. The number of rotatable bonds is 3. The van der Waals surface area contributed by atoms with E-state index in [-0.39, 0.29) is 5.60 Å². The number of hydrogen-bond acceptors (Lipinski definition) is 1. The Kier molecular flexibility index (Phi) is 4.09. The Morgan fingerprint density at radius 1 is 1.18 bits per heavy atom. The third-order valence-electron chi connectivity index (χ3n) is 1.65. The molecule has 0 aliphatic rings. The van der Waals surface area contributed by atoms with Crippen molar-refractivity contribution in [3.63, 3.8) is 0 Å². The van der Waals surface area contributed by atoms with Gasteiger partial charge in [-0.3, -0.25) is 0 Å². The summed E-state index contributed by atoms with van der Waals surface area (Å²) in [5.41, 5.74) is 0.00491. The molecule has 0 saturated carbocycles. The molecule has 0 rings (SSSR count). The summed E-state index contributed by atoms with van der Waals surface area (Å²) in [5, 5.41) is 0. The lowest BCUT2D eigenvalue weighted by atomic mass is 10.0. The summed E-state index contributed by atoms with van der Waals surface area (Å²) in [6.45, 7) is 12.9. The average Bonchev–Trinajstić information content (AvgIpc) is 1.80. The Bertz CT molecular complexity index is 99.9. The van der Waals surface area contributed by atoms with E-state index in [1.807, 2.05) is 0 Å². The van der Waals surface area contributed by atoms with Crippen LogP contribution in [0.15, 0.2) is 0 Å². The molecule has 0 fully saturated rings. The van der Waals surface area contributed by atoms with E-state index in [0.717, 1.165) is 6.42 Å². The molecule has 0 aromatic carbocycles. The van der Waals surface area contributed by atoms with Crippen LogP contribution in [0.4, 0.5) is 0 Å². The van der Waals surface area contributed by atoms with Gasteiger partial charge in [-0.15, -0.1) is 0 Å². The van der Waals surface area contributed by atoms with Gasteiger partial charge in [-0.25, -0.2) is 0 Å². The lowest BCUT2D eigenvalue weighted by molar-refractivity contribution is -0.0801. The van der Waals surface area contributed by atoms with Crippen molar-refractivity contribution in [2.45, 2.75) is 59.7 Å². The fourth-order valence-corrected chi connectivity index (χ4v) is 1.14. The summed E-state index contributed by atoms with van der Waals surface area (Å²) in [6.07, 6.45) is 1.52.